The third-order valence-electron chi connectivity index (χ3n) is 4.64. The molecule has 0 bridgehead atoms. The predicted octanol–water partition coefficient (Wildman–Crippen LogP) is 4.14. The van der Waals surface area contributed by atoms with Gasteiger partial charge in [-0.2, -0.15) is 17.5 Å². The summed E-state index contributed by atoms with van der Waals surface area (Å²) in [7, 11) is -3.83. The Morgan fingerprint density at radius 1 is 1.13 bits per heavy atom. The molecule has 0 radical (unpaired) electrons. The zero-order valence-corrected chi connectivity index (χ0v) is 17.0. The van der Waals surface area contributed by atoms with Crippen molar-refractivity contribution in [3.05, 3.63) is 53.6 Å². The van der Waals surface area contributed by atoms with Crippen molar-refractivity contribution in [1.29, 1.82) is 0 Å². The first-order chi connectivity index (χ1) is 14.1. The maximum Gasteiger partial charge on any atom is 0.416 e. The van der Waals surface area contributed by atoms with E-state index in [1.54, 1.807) is 6.92 Å². The standard InChI is InChI=1S/C20H21F3N2O4S/c1-2-29-17-9-8-16(13-18(17)30(27,28)25-10-3-4-11-25)24-19(26)14-6-5-7-15(12-14)20(21,22)23/h5-9,12-13H,2-4,10-11H2,1H3,(H,24,26). The van der Waals surface area contributed by atoms with Gasteiger partial charge in [-0.05, 0) is 56.2 Å². The van der Waals surface area contributed by atoms with Crippen molar-refractivity contribution >= 4 is 21.6 Å². The lowest BCUT2D eigenvalue weighted by atomic mass is 10.1. The molecular weight excluding hydrogens is 421 g/mol. The van der Waals surface area contributed by atoms with Crippen LogP contribution in [-0.2, 0) is 16.2 Å². The molecule has 2 aromatic rings. The van der Waals surface area contributed by atoms with Crippen LogP contribution in [-0.4, -0.2) is 38.3 Å². The Balaban J connectivity index is 1.91. The first-order valence-corrected chi connectivity index (χ1v) is 10.8. The number of carbonyl (C=O) groups excluding carboxylic acids is 1. The summed E-state index contributed by atoms with van der Waals surface area (Å²) in [5.41, 5.74) is -1.000. The van der Waals surface area contributed by atoms with E-state index in [9.17, 15) is 26.4 Å². The molecule has 1 aliphatic rings. The van der Waals surface area contributed by atoms with E-state index in [4.69, 9.17) is 4.74 Å². The quantitative estimate of drug-likeness (QED) is 0.730. The van der Waals surface area contributed by atoms with E-state index in [1.165, 1.54) is 28.6 Å². The van der Waals surface area contributed by atoms with E-state index in [-0.39, 0.29) is 28.5 Å². The van der Waals surface area contributed by atoms with Crippen LogP contribution in [0.15, 0.2) is 47.4 Å². The molecule has 2 aromatic carbocycles. The lowest BCUT2D eigenvalue weighted by Crippen LogP contribution is -2.28. The van der Waals surface area contributed by atoms with Gasteiger partial charge in [0.25, 0.3) is 5.91 Å². The molecule has 1 saturated heterocycles. The number of hydrogen-bond donors (Lipinski definition) is 1. The first-order valence-electron chi connectivity index (χ1n) is 9.38. The number of halogens is 3. The molecule has 0 unspecified atom stereocenters. The Bertz CT molecular complexity index is 1030. The van der Waals surface area contributed by atoms with Crippen molar-refractivity contribution in [3.8, 4) is 5.75 Å². The highest BCUT2D eigenvalue weighted by Gasteiger charge is 2.32. The van der Waals surface area contributed by atoms with E-state index in [0.717, 1.165) is 31.0 Å². The van der Waals surface area contributed by atoms with Crippen molar-refractivity contribution in [2.45, 2.75) is 30.8 Å². The summed E-state index contributed by atoms with van der Waals surface area (Å²) in [6.07, 6.45) is -3.06. The topological polar surface area (TPSA) is 75.7 Å². The zero-order valence-electron chi connectivity index (χ0n) is 16.2. The highest BCUT2D eigenvalue weighted by molar-refractivity contribution is 7.89. The van der Waals surface area contributed by atoms with Gasteiger partial charge in [0, 0.05) is 24.3 Å². The minimum atomic E-state index is -4.58. The van der Waals surface area contributed by atoms with E-state index in [1.807, 2.05) is 0 Å². The fourth-order valence-corrected chi connectivity index (χ4v) is 4.84. The molecule has 162 valence electrons. The number of nitrogens with one attached hydrogen (secondary N) is 1. The van der Waals surface area contributed by atoms with Crippen LogP contribution < -0.4 is 10.1 Å². The summed E-state index contributed by atoms with van der Waals surface area (Å²) in [6, 6.07) is 8.14. The number of benzene rings is 2. The normalized spacial score (nSPS) is 15.2. The number of alkyl halides is 3. The maximum absolute atomic E-state index is 13.0. The second-order valence-corrected chi connectivity index (χ2v) is 8.64. The van der Waals surface area contributed by atoms with Crippen LogP contribution >= 0.6 is 0 Å². The summed E-state index contributed by atoms with van der Waals surface area (Å²) in [6.45, 7) is 2.76. The molecule has 0 spiro atoms. The van der Waals surface area contributed by atoms with Crippen molar-refractivity contribution in [1.82, 2.24) is 4.31 Å². The lowest BCUT2D eigenvalue weighted by molar-refractivity contribution is -0.137. The van der Waals surface area contributed by atoms with Crippen LogP contribution in [0.5, 0.6) is 5.75 Å². The summed E-state index contributed by atoms with van der Waals surface area (Å²) in [4.78, 5) is 12.4. The molecule has 0 aliphatic carbocycles. The Morgan fingerprint density at radius 2 is 1.83 bits per heavy atom. The van der Waals surface area contributed by atoms with E-state index in [2.05, 4.69) is 5.32 Å². The van der Waals surface area contributed by atoms with E-state index < -0.39 is 27.7 Å². The van der Waals surface area contributed by atoms with Gasteiger partial charge < -0.3 is 10.1 Å². The lowest BCUT2D eigenvalue weighted by Gasteiger charge is -2.19. The zero-order chi connectivity index (χ0) is 21.9. The van der Waals surface area contributed by atoms with Crippen molar-refractivity contribution in [3.63, 3.8) is 0 Å². The van der Waals surface area contributed by atoms with Gasteiger partial charge in [-0.25, -0.2) is 8.42 Å². The predicted molar refractivity (Wildman–Crippen MR) is 105 cm³/mol. The summed E-state index contributed by atoms with van der Waals surface area (Å²) < 4.78 is 71.5. The molecule has 1 aliphatic heterocycles. The van der Waals surface area contributed by atoms with Crippen LogP contribution in [0, 0.1) is 0 Å². The molecule has 3 rings (SSSR count). The van der Waals surface area contributed by atoms with Gasteiger partial charge in [-0.15, -0.1) is 0 Å². The number of hydrogen-bond acceptors (Lipinski definition) is 4. The van der Waals surface area contributed by atoms with Gasteiger partial charge in [-0.1, -0.05) is 6.07 Å². The Kier molecular flexibility index (Phi) is 6.37. The fourth-order valence-electron chi connectivity index (χ4n) is 3.17. The molecule has 30 heavy (non-hydrogen) atoms. The van der Waals surface area contributed by atoms with Gasteiger partial charge >= 0.3 is 6.18 Å². The average molecular weight is 442 g/mol. The minimum absolute atomic E-state index is 0.0897. The van der Waals surface area contributed by atoms with Crippen LogP contribution in [0.1, 0.15) is 35.7 Å². The Hall–Kier alpha value is -2.59. The van der Waals surface area contributed by atoms with Crippen LogP contribution in [0.4, 0.5) is 18.9 Å². The van der Waals surface area contributed by atoms with Crippen LogP contribution in [0.25, 0.3) is 0 Å². The number of sulfonamides is 1. The number of amides is 1. The molecule has 1 heterocycles. The minimum Gasteiger partial charge on any atom is -0.492 e. The van der Waals surface area contributed by atoms with Gasteiger partial charge in [0.1, 0.15) is 10.6 Å². The van der Waals surface area contributed by atoms with Gasteiger partial charge in [-0.3, -0.25) is 4.79 Å². The van der Waals surface area contributed by atoms with E-state index >= 15 is 0 Å². The molecule has 1 amide bonds. The monoisotopic (exact) mass is 442 g/mol. The molecule has 0 atom stereocenters. The Morgan fingerprint density at radius 3 is 2.47 bits per heavy atom. The van der Waals surface area contributed by atoms with Crippen LogP contribution in [0.3, 0.4) is 0 Å². The SMILES string of the molecule is CCOc1ccc(NC(=O)c2cccc(C(F)(F)F)c2)cc1S(=O)(=O)N1CCCC1. The van der Waals surface area contributed by atoms with Gasteiger partial charge in [0.05, 0.1) is 12.2 Å². The van der Waals surface area contributed by atoms with Gasteiger partial charge in [0.2, 0.25) is 10.0 Å². The second-order valence-electron chi connectivity index (χ2n) is 6.74. The number of nitrogens with zero attached hydrogens (tertiary/aromatic N) is 1. The molecule has 0 aromatic heterocycles. The average Bonchev–Trinajstić information content (AvgIpc) is 3.24. The third-order valence-corrected chi connectivity index (χ3v) is 6.56. The summed E-state index contributed by atoms with van der Waals surface area (Å²) >= 11 is 0. The molecule has 1 fully saturated rings. The van der Waals surface area contributed by atoms with Crippen LogP contribution in [0.2, 0.25) is 0 Å². The molecule has 6 nitrogen and oxygen atoms in total. The smallest absolute Gasteiger partial charge is 0.416 e. The number of rotatable bonds is 6. The molecular formula is C20H21F3N2O4S. The van der Waals surface area contributed by atoms with E-state index in [0.29, 0.717) is 13.1 Å². The van der Waals surface area contributed by atoms with Crippen molar-refractivity contribution in [2.24, 2.45) is 0 Å². The number of ether oxygens (including phenoxy) is 1. The van der Waals surface area contributed by atoms with Crippen molar-refractivity contribution in [2.75, 3.05) is 25.0 Å². The molecule has 10 heteroatoms. The third kappa shape index (κ3) is 4.76. The number of anilines is 1. The number of carbonyl (C=O) groups is 1. The fraction of sp³-hybridized carbons (Fsp3) is 0.350. The Labute approximate surface area is 172 Å². The molecule has 1 N–H and O–H groups in total. The first kappa shape index (κ1) is 22.1. The highest BCUT2D eigenvalue weighted by Crippen LogP contribution is 2.32. The largest absolute Gasteiger partial charge is 0.492 e. The highest BCUT2D eigenvalue weighted by atomic mass is 32.2. The summed E-state index contributed by atoms with van der Waals surface area (Å²) in [5.74, 6) is -0.628. The second kappa shape index (κ2) is 8.65. The van der Waals surface area contributed by atoms with Gasteiger partial charge in [0.15, 0.2) is 0 Å². The summed E-state index contributed by atoms with van der Waals surface area (Å²) in [5, 5.41) is 2.46. The molecule has 0 saturated carbocycles. The van der Waals surface area contributed by atoms with Crippen molar-refractivity contribution < 1.29 is 31.1 Å². The maximum atomic E-state index is 13.0.